The summed E-state index contributed by atoms with van der Waals surface area (Å²) in [7, 11) is -2.28. The molecule has 4 aliphatic rings. The molecule has 0 aromatic heterocycles. The molecule has 12 nitrogen and oxygen atoms in total. The fourth-order valence-corrected chi connectivity index (χ4v) is 6.96. The average Bonchev–Trinajstić information content (AvgIpc) is 3.76. The molecule has 0 bridgehead atoms. The second-order valence-corrected chi connectivity index (χ2v) is 12.2. The molecule has 0 saturated carbocycles. The third-order valence-corrected chi connectivity index (χ3v) is 9.36. The fourth-order valence-electron chi connectivity index (χ4n) is 6.96. The monoisotopic (exact) mass is 623 g/mol. The molecule has 234 valence electrons. The van der Waals surface area contributed by atoms with E-state index in [1.54, 1.807) is 41.3 Å². The van der Waals surface area contributed by atoms with Crippen LogP contribution in [0.3, 0.4) is 0 Å². The van der Waals surface area contributed by atoms with Gasteiger partial charge in [0.1, 0.15) is 6.04 Å². The molecular weight excluding hydrogens is 592 g/mol. The largest absolute Gasteiger partial charge is 0.491 e. The lowest BCUT2D eigenvalue weighted by atomic mass is 9.78. The number of fused-ring (bicyclic) bond motifs is 3. The van der Waals surface area contributed by atoms with Crippen LogP contribution in [-0.4, -0.2) is 87.6 Å². The predicted molar refractivity (Wildman–Crippen MR) is 165 cm³/mol. The molecule has 0 aliphatic carbocycles. The topological polar surface area (TPSA) is 166 Å². The van der Waals surface area contributed by atoms with E-state index in [9.17, 15) is 34.3 Å². The van der Waals surface area contributed by atoms with Gasteiger partial charge in [0.15, 0.2) is 0 Å². The Hall–Kier alpha value is -4.49. The highest BCUT2D eigenvalue weighted by Gasteiger charge is 2.45. The van der Waals surface area contributed by atoms with E-state index in [1.165, 1.54) is 4.90 Å². The Morgan fingerprint density at radius 2 is 1.46 bits per heavy atom. The minimum atomic E-state index is -1.16. The summed E-state index contributed by atoms with van der Waals surface area (Å²) in [6.45, 7) is 0.695. The minimum absolute atomic E-state index is 0.0296. The summed E-state index contributed by atoms with van der Waals surface area (Å²) in [5, 5.41) is 33.0. The average molecular weight is 623 g/mol. The standard InChI is InChI=1S/C32H31B2N3O9/c38-29(39)13-25-9-18-3-1-2-4-21(18)14-36(25)32(42)28-12-24(35-30(40)19-5-7-22-16-45-33(43)26(22)10-19)15-37(28)31(41)20-6-8-23-17-46-34(44)27(23)11-20/h1-8,10-11,24-25,28,43-44H,9,12-17H2,(H,35,40)(H,38,39)/t24-,25-,28+/m1/s1. The van der Waals surface area contributed by atoms with Crippen LogP contribution in [0.15, 0.2) is 60.7 Å². The molecule has 0 spiro atoms. The van der Waals surface area contributed by atoms with Gasteiger partial charge in [-0.05, 0) is 70.3 Å². The van der Waals surface area contributed by atoms with Crippen LogP contribution >= 0.6 is 0 Å². The van der Waals surface area contributed by atoms with Crippen LogP contribution in [0.25, 0.3) is 0 Å². The molecule has 0 unspecified atom stereocenters. The summed E-state index contributed by atoms with van der Waals surface area (Å²) in [6, 6.07) is 15.2. The van der Waals surface area contributed by atoms with Crippen molar-refractivity contribution in [2.45, 2.75) is 57.1 Å². The Morgan fingerprint density at radius 1 is 0.826 bits per heavy atom. The number of likely N-dealkylation sites (tertiary alicyclic amines) is 1. The first-order valence-electron chi connectivity index (χ1n) is 15.2. The number of carbonyl (C=O) groups excluding carboxylic acids is 3. The maximum atomic E-state index is 14.4. The van der Waals surface area contributed by atoms with Crippen molar-refractivity contribution in [2.75, 3.05) is 6.54 Å². The van der Waals surface area contributed by atoms with Crippen LogP contribution in [0, 0.1) is 0 Å². The minimum Gasteiger partial charge on any atom is -0.481 e. The van der Waals surface area contributed by atoms with Gasteiger partial charge in [0.05, 0.1) is 19.6 Å². The van der Waals surface area contributed by atoms with Crippen LogP contribution in [0.1, 0.15) is 55.8 Å². The van der Waals surface area contributed by atoms with Gasteiger partial charge in [-0.1, -0.05) is 36.4 Å². The first-order valence-corrected chi connectivity index (χ1v) is 15.2. The number of nitrogens with one attached hydrogen (secondary N) is 1. The molecule has 3 amide bonds. The maximum absolute atomic E-state index is 14.4. The van der Waals surface area contributed by atoms with Crippen molar-refractivity contribution in [3.05, 3.63) is 94.0 Å². The van der Waals surface area contributed by atoms with E-state index in [1.807, 2.05) is 24.3 Å². The molecule has 3 aromatic carbocycles. The van der Waals surface area contributed by atoms with Gasteiger partial charge < -0.3 is 39.6 Å². The van der Waals surface area contributed by atoms with E-state index in [4.69, 9.17) is 9.31 Å². The van der Waals surface area contributed by atoms with Crippen molar-refractivity contribution >= 4 is 48.9 Å². The van der Waals surface area contributed by atoms with Gasteiger partial charge >= 0.3 is 20.2 Å². The Morgan fingerprint density at radius 3 is 2.13 bits per heavy atom. The summed E-state index contributed by atoms with van der Waals surface area (Å²) >= 11 is 0. The molecule has 3 atom stereocenters. The number of aliphatic carboxylic acids is 1. The molecule has 1 saturated heterocycles. The van der Waals surface area contributed by atoms with Crippen molar-refractivity contribution in [2.24, 2.45) is 0 Å². The number of hydrogen-bond acceptors (Lipinski definition) is 8. The molecule has 4 N–H and O–H groups in total. The number of benzene rings is 3. The van der Waals surface area contributed by atoms with E-state index in [-0.39, 0.29) is 44.7 Å². The first kappa shape index (κ1) is 30.2. The molecule has 7 rings (SSSR count). The highest BCUT2D eigenvalue weighted by molar-refractivity contribution is 6.62. The maximum Gasteiger partial charge on any atom is 0.491 e. The van der Waals surface area contributed by atoms with Gasteiger partial charge in [0.25, 0.3) is 11.8 Å². The SMILES string of the molecule is O=C(O)C[C@H]1Cc2ccccc2CN1C(=O)[C@@H]1C[C@@H](NC(=O)c2ccc3c(c2)B(O)OC3)CN1C(=O)c1ccc2c(c1)B(O)OC2. The van der Waals surface area contributed by atoms with E-state index in [0.29, 0.717) is 22.9 Å². The number of amides is 3. The van der Waals surface area contributed by atoms with E-state index >= 15 is 0 Å². The third kappa shape index (κ3) is 5.58. The normalized spacial score (nSPS) is 21.6. The second-order valence-electron chi connectivity index (χ2n) is 12.2. The number of hydrogen-bond donors (Lipinski definition) is 4. The van der Waals surface area contributed by atoms with Crippen LogP contribution in [-0.2, 0) is 45.1 Å². The summed E-state index contributed by atoms with van der Waals surface area (Å²) in [5.41, 5.74) is 4.99. The Balaban J connectivity index is 1.18. The zero-order valence-electron chi connectivity index (χ0n) is 24.8. The Labute approximate surface area is 265 Å². The Bertz CT molecular complexity index is 1750. The zero-order chi connectivity index (χ0) is 32.1. The quantitative estimate of drug-likeness (QED) is 0.267. The number of rotatable bonds is 6. The number of carboxylic acids is 1. The molecule has 1 fully saturated rings. The van der Waals surface area contributed by atoms with Crippen LogP contribution in [0.4, 0.5) is 0 Å². The molecule has 0 radical (unpaired) electrons. The van der Waals surface area contributed by atoms with Crippen LogP contribution in [0.5, 0.6) is 0 Å². The van der Waals surface area contributed by atoms with Gasteiger partial charge in [0, 0.05) is 36.3 Å². The predicted octanol–water partition coefficient (Wildman–Crippen LogP) is -0.437. The van der Waals surface area contributed by atoms with Crippen LogP contribution < -0.4 is 16.2 Å². The number of carbonyl (C=O) groups is 4. The number of carboxylic acid groups (broad SMARTS) is 1. The van der Waals surface area contributed by atoms with Crippen molar-refractivity contribution < 1.29 is 43.6 Å². The van der Waals surface area contributed by atoms with Crippen LogP contribution in [0.2, 0.25) is 0 Å². The summed E-state index contributed by atoms with van der Waals surface area (Å²) in [4.78, 5) is 56.6. The van der Waals surface area contributed by atoms with Gasteiger partial charge in [-0.2, -0.15) is 0 Å². The first-order chi connectivity index (χ1) is 22.2. The summed E-state index contributed by atoms with van der Waals surface area (Å²) in [6.07, 6.45) is 0.227. The van der Waals surface area contributed by atoms with Crippen molar-refractivity contribution in [1.82, 2.24) is 15.1 Å². The molecule has 3 aromatic rings. The van der Waals surface area contributed by atoms with E-state index in [2.05, 4.69) is 5.32 Å². The summed E-state index contributed by atoms with van der Waals surface area (Å²) < 4.78 is 10.5. The lowest BCUT2D eigenvalue weighted by Crippen LogP contribution is -2.53. The van der Waals surface area contributed by atoms with E-state index in [0.717, 1.165) is 22.3 Å². The fraction of sp³-hybridized carbons (Fsp3) is 0.312. The van der Waals surface area contributed by atoms with Gasteiger partial charge in [-0.3, -0.25) is 19.2 Å². The lowest BCUT2D eigenvalue weighted by Gasteiger charge is -2.39. The zero-order valence-corrected chi connectivity index (χ0v) is 24.8. The summed E-state index contributed by atoms with van der Waals surface area (Å²) in [5.74, 6) is -2.31. The second kappa shape index (κ2) is 12.0. The number of nitrogens with zero attached hydrogens (tertiary/aromatic N) is 2. The molecule has 4 heterocycles. The molecular formula is C32H31B2N3O9. The Kier molecular flexibility index (Phi) is 7.89. The van der Waals surface area contributed by atoms with Gasteiger partial charge in [-0.15, -0.1) is 0 Å². The highest BCUT2D eigenvalue weighted by atomic mass is 16.5. The van der Waals surface area contributed by atoms with Crippen molar-refractivity contribution in [1.29, 1.82) is 0 Å². The molecule has 46 heavy (non-hydrogen) atoms. The molecule has 4 aliphatic heterocycles. The van der Waals surface area contributed by atoms with Gasteiger partial charge in [-0.25, -0.2) is 0 Å². The van der Waals surface area contributed by atoms with Crippen molar-refractivity contribution in [3.63, 3.8) is 0 Å². The lowest BCUT2D eigenvalue weighted by molar-refractivity contribution is -0.143. The van der Waals surface area contributed by atoms with Crippen molar-refractivity contribution in [3.8, 4) is 0 Å². The smallest absolute Gasteiger partial charge is 0.481 e. The molecule has 14 heteroatoms. The van der Waals surface area contributed by atoms with Gasteiger partial charge in [0.2, 0.25) is 5.91 Å². The highest BCUT2D eigenvalue weighted by Crippen LogP contribution is 2.30. The third-order valence-electron chi connectivity index (χ3n) is 9.36. The van der Waals surface area contributed by atoms with E-state index < -0.39 is 56.1 Å².